The Balaban J connectivity index is 1.83. The summed E-state index contributed by atoms with van der Waals surface area (Å²) in [5, 5.41) is 3.79. The Labute approximate surface area is 240 Å². The van der Waals surface area contributed by atoms with Gasteiger partial charge in [-0.15, -0.1) is 0 Å². The molecule has 0 heterocycles. The van der Waals surface area contributed by atoms with Gasteiger partial charge < -0.3 is 20.9 Å². The van der Waals surface area contributed by atoms with Crippen molar-refractivity contribution < 1.29 is 0 Å². The molecule has 4 rings (SSSR count). The second-order valence-electron chi connectivity index (χ2n) is 14.6. The molecule has 4 nitrogen and oxygen atoms in total. The molecule has 218 valence electrons. The van der Waals surface area contributed by atoms with Crippen molar-refractivity contribution in [3.8, 4) is 0 Å². The Kier molecular flexibility index (Phi) is 8.70. The molecule has 3 N–H and O–H groups in total. The highest BCUT2D eigenvalue weighted by Crippen LogP contribution is 2.63. The van der Waals surface area contributed by atoms with Crippen LogP contribution in [0.5, 0.6) is 0 Å². The third-order valence-electron chi connectivity index (χ3n) is 10.8. The summed E-state index contributed by atoms with van der Waals surface area (Å²) < 4.78 is 0. The van der Waals surface area contributed by atoms with E-state index in [4.69, 9.17) is 5.73 Å². The summed E-state index contributed by atoms with van der Waals surface area (Å²) in [5.41, 5.74) is 18.3. The minimum atomic E-state index is 0.122. The standard InChI is InChI=1S/C35H58N4/c1-13-26-25(19-37-18-20(2)3)16-31(38(9)10)30-15-24-14-29-28(21(4)32(24)35(7,8)33(26)30)17-27(23(6)36)22(5)34(29)39(11)12/h16,20,24,26,28-29,33-34,37H,6,13-15,17-19,36H2,1-5,7-12H3/t24?,26?,28?,29?,33?,34-/m0/s1. The molecule has 1 fully saturated rings. The first-order valence-electron chi connectivity index (χ1n) is 15.6. The summed E-state index contributed by atoms with van der Waals surface area (Å²) >= 11 is 0. The first-order valence-corrected chi connectivity index (χ1v) is 15.6. The second kappa shape index (κ2) is 11.2. The number of hydrogen-bond donors (Lipinski definition) is 2. The molecule has 6 atom stereocenters. The number of fused-ring (bicyclic) bond motifs is 3. The summed E-state index contributed by atoms with van der Waals surface area (Å²) in [5.74, 6) is 3.59. The van der Waals surface area contributed by atoms with Crippen LogP contribution in [0, 0.1) is 40.9 Å². The van der Waals surface area contributed by atoms with Gasteiger partial charge in [0.15, 0.2) is 0 Å². The number of nitrogens with one attached hydrogen (secondary N) is 1. The summed E-state index contributed by atoms with van der Waals surface area (Å²) in [4.78, 5) is 4.84. The molecule has 0 aromatic rings. The lowest BCUT2D eigenvalue weighted by Crippen LogP contribution is -2.51. The average Bonchev–Trinajstić information content (AvgIpc) is 2.82. The molecule has 0 aromatic heterocycles. The van der Waals surface area contributed by atoms with Gasteiger partial charge in [-0.1, -0.05) is 63.5 Å². The van der Waals surface area contributed by atoms with E-state index in [1.54, 1.807) is 22.3 Å². The molecule has 0 spiro atoms. The zero-order valence-electron chi connectivity index (χ0n) is 27.0. The summed E-state index contributed by atoms with van der Waals surface area (Å²) in [6.07, 6.45) is 7.28. The van der Waals surface area contributed by atoms with Gasteiger partial charge in [-0.2, -0.15) is 0 Å². The van der Waals surface area contributed by atoms with Crippen LogP contribution in [0.3, 0.4) is 0 Å². The predicted octanol–water partition coefficient (Wildman–Crippen LogP) is 6.75. The lowest BCUT2D eigenvalue weighted by atomic mass is 9.48. The van der Waals surface area contributed by atoms with Crippen LogP contribution in [0.15, 0.2) is 57.5 Å². The van der Waals surface area contributed by atoms with E-state index in [9.17, 15) is 0 Å². The van der Waals surface area contributed by atoms with Crippen LogP contribution in [0.2, 0.25) is 0 Å². The number of rotatable bonds is 8. The Morgan fingerprint density at radius 3 is 2.33 bits per heavy atom. The highest BCUT2D eigenvalue weighted by molar-refractivity contribution is 5.48. The first-order chi connectivity index (χ1) is 18.2. The molecule has 5 unspecified atom stereocenters. The molecule has 0 aliphatic heterocycles. The maximum Gasteiger partial charge on any atom is 0.0356 e. The van der Waals surface area contributed by atoms with Gasteiger partial charge in [-0.05, 0) is 118 Å². The molecule has 39 heavy (non-hydrogen) atoms. The van der Waals surface area contributed by atoms with Crippen molar-refractivity contribution in [1.82, 2.24) is 15.1 Å². The van der Waals surface area contributed by atoms with Crippen molar-refractivity contribution in [1.29, 1.82) is 0 Å². The van der Waals surface area contributed by atoms with Crippen LogP contribution in [0.1, 0.15) is 74.1 Å². The lowest BCUT2D eigenvalue weighted by molar-refractivity contribution is 0.100. The predicted molar refractivity (Wildman–Crippen MR) is 168 cm³/mol. The summed E-state index contributed by atoms with van der Waals surface area (Å²) in [6, 6.07) is 0.423. The number of hydrogen-bond acceptors (Lipinski definition) is 4. The van der Waals surface area contributed by atoms with Crippen molar-refractivity contribution in [2.45, 2.75) is 80.2 Å². The van der Waals surface area contributed by atoms with Gasteiger partial charge in [-0.3, -0.25) is 0 Å². The van der Waals surface area contributed by atoms with E-state index in [1.165, 1.54) is 36.1 Å². The SMILES string of the molecule is C=C(N)C1=C(C)[C@H](N(C)C)C2CC3CC4=C(N(C)C)C=C(CNCC(C)C)C(CC)C4C(C)(C)C3=C(C)C2C1. The van der Waals surface area contributed by atoms with E-state index < -0.39 is 0 Å². The third kappa shape index (κ3) is 5.21. The number of nitrogens with two attached hydrogens (primary N) is 1. The van der Waals surface area contributed by atoms with Crippen LogP contribution in [0.4, 0.5) is 0 Å². The van der Waals surface area contributed by atoms with E-state index in [0.29, 0.717) is 41.5 Å². The number of nitrogens with zero attached hydrogens (tertiary/aromatic N) is 2. The average molecular weight is 535 g/mol. The highest BCUT2D eigenvalue weighted by Gasteiger charge is 2.54. The van der Waals surface area contributed by atoms with E-state index in [1.807, 2.05) is 0 Å². The first kappa shape index (κ1) is 30.2. The topological polar surface area (TPSA) is 44.5 Å². The fourth-order valence-electron chi connectivity index (χ4n) is 9.56. The van der Waals surface area contributed by atoms with Gasteiger partial charge in [0.05, 0.1) is 0 Å². The molecule has 0 amide bonds. The van der Waals surface area contributed by atoms with Crippen molar-refractivity contribution >= 4 is 0 Å². The van der Waals surface area contributed by atoms with Gasteiger partial charge in [-0.25, -0.2) is 0 Å². The monoisotopic (exact) mass is 534 g/mol. The minimum absolute atomic E-state index is 0.122. The zero-order chi connectivity index (χ0) is 29.0. The molecule has 4 heteroatoms. The zero-order valence-corrected chi connectivity index (χ0v) is 27.0. The minimum Gasteiger partial charge on any atom is -0.399 e. The Bertz CT molecular complexity index is 1100. The number of allylic oxidation sites excluding steroid dienone is 5. The van der Waals surface area contributed by atoms with Gasteiger partial charge in [0.25, 0.3) is 0 Å². The molecule has 0 radical (unpaired) electrons. The van der Waals surface area contributed by atoms with Crippen LogP contribution in [0.25, 0.3) is 0 Å². The molecule has 4 aliphatic rings. The molecule has 0 aromatic carbocycles. The molecule has 0 saturated heterocycles. The maximum atomic E-state index is 6.40. The largest absolute Gasteiger partial charge is 0.399 e. The van der Waals surface area contributed by atoms with Crippen molar-refractivity contribution in [3.63, 3.8) is 0 Å². The van der Waals surface area contributed by atoms with Crippen molar-refractivity contribution in [2.75, 3.05) is 41.3 Å². The van der Waals surface area contributed by atoms with E-state index >= 15 is 0 Å². The normalized spacial score (nSPS) is 32.3. The van der Waals surface area contributed by atoms with Crippen molar-refractivity contribution in [3.05, 3.63) is 57.5 Å². The molecular weight excluding hydrogens is 476 g/mol. The van der Waals surface area contributed by atoms with E-state index in [-0.39, 0.29) is 5.41 Å². The van der Waals surface area contributed by atoms with Gasteiger partial charge in [0.2, 0.25) is 0 Å². The van der Waals surface area contributed by atoms with E-state index in [2.05, 4.69) is 104 Å². The Morgan fingerprint density at radius 1 is 1.13 bits per heavy atom. The lowest BCUT2D eigenvalue weighted by Gasteiger charge is -2.58. The number of likely N-dealkylation sites (N-methyl/N-ethyl adjacent to an activating group) is 2. The Hall–Kier alpha value is -1.78. The molecule has 4 aliphatic carbocycles. The fraction of sp³-hybridized carbons (Fsp3) is 0.714. The highest BCUT2D eigenvalue weighted by atomic mass is 15.1. The van der Waals surface area contributed by atoms with Gasteiger partial charge >= 0.3 is 0 Å². The van der Waals surface area contributed by atoms with Crippen molar-refractivity contribution in [2.24, 2.45) is 46.7 Å². The smallest absolute Gasteiger partial charge is 0.0356 e. The third-order valence-corrected chi connectivity index (χ3v) is 10.8. The van der Waals surface area contributed by atoms with Crippen LogP contribution in [-0.2, 0) is 0 Å². The summed E-state index contributed by atoms with van der Waals surface area (Å²) in [6.45, 7) is 23.2. The van der Waals surface area contributed by atoms with Gasteiger partial charge in [0.1, 0.15) is 0 Å². The quantitative estimate of drug-likeness (QED) is 0.338. The summed E-state index contributed by atoms with van der Waals surface area (Å²) in [7, 11) is 9.01. The molecular formula is C35H58N4. The van der Waals surface area contributed by atoms with Crippen LogP contribution < -0.4 is 11.1 Å². The van der Waals surface area contributed by atoms with E-state index in [0.717, 1.165) is 25.2 Å². The Morgan fingerprint density at radius 2 is 1.79 bits per heavy atom. The van der Waals surface area contributed by atoms with Gasteiger partial charge in [0, 0.05) is 38.1 Å². The van der Waals surface area contributed by atoms with Crippen LogP contribution in [-0.4, -0.2) is 57.1 Å². The fourth-order valence-corrected chi connectivity index (χ4v) is 9.56. The molecule has 1 saturated carbocycles. The van der Waals surface area contributed by atoms with Crippen LogP contribution >= 0.6 is 0 Å². The second-order valence-corrected chi connectivity index (χ2v) is 14.6. The maximum absolute atomic E-state index is 6.40. The molecule has 0 bridgehead atoms.